The summed E-state index contributed by atoms with van der Waals surface area (Å²) in [6.45, 7) is 5.74. The molecule has 6 nitrogen and oxygen atoms in total. The number of hydrogen-bond donors (Lipinski definition) is 2. The first-order chi connectivity index (χ1) is 9.43. The van der Waals surface area contributed by atoms with E-state index < -0.39 is 6.10 Å². The van der Waals surface area contributed by atoms with Crippen LogP contribution < -0.4 is 5.32 Å². The highest BCUT2D eigenvalue weighted by Crippen LogP contribution is 2.17. The quantitative estimate of drug-likeness (QED) is 0.658. The van der Waals surface area contributed by atoms with Crippen molar-refractivity contribution < 1.29 is 19.4 Å². The third-order valence-corrected chi connectivity index (χ3v) is 3.41. The van der Waals surface area contributed by atoms with E-state index in [9.17, 15) is 14.7 Å². The molecule has 2 amide bonds. The number of methoxy groups -OCH3 is 1. The molecule has 2 unspecified atom stereocenters. The van der Waals surface area contributed by atoms with E-state index in [2.05, 4.69) is 5.32 Å². The van der Waals surface area contributed by atoms with Crippen LogP contribution in [0, 0.1) is 11.8 Å². The molecule has 1 saturated heterocycles. The average Bonchev–Trinajstić information content (AvgIpc) is 2.74. The highest BCUT2D eigenvalue weighted by Gasteiger charge is 2.33. The summed E-state index contributed by atoms with van der Waals surface area (Å²) in [4.78, 5) is 25.3. The Morgan fingerprint density at radius 2 is 2.25 bits per heavy atom. The summed E-state index contributed by atoms with van der Waals surface area (Å²) < 4.78 is 4.94. The van der Waals surface area contributed by atoms with Crippen molar-refractivity contribution in [3.05, 3.63) is 0 Å². The van der Waals surface area contributed by atoms with Crippen LogP contribution in [0.4, 0.5) is 0 Å². The topological polar surface area (TPSA) is 78.9 Å². The van der Waals surface area contributed by atoms with Crippen molar-refractivity contribution >= 4 is 11.8 Å². The molecule has 0 aromatic carbocycles. The van der Waals surface area contributed by atoms with Crippen LogP contribution >= 0.6 is 0 Å². The lowest BCUT2D eigenvalue weighted by molar-refractivity contribution is -0.129. The van der Waals surface area contributed by atoms with Crippen LogP contribution in [0.5, 0.6) is 0 Å². The molecule has 2 N–H and O–H groups in total. The van der Waals surface area contributed by atoms with Crippen LogP contribution in [-0.2, 0) is 14.3 Å². The monoisotopic (exact) mass is 286 g/mol. The molecule has 2 atom stereocenters. The zero-order chi connectivity index (χ0) is 15.1. The van der Waals surface area contributed by atoms with Gasteiger partial charge >= 0.3 is 0 Å². The Labute approximate surface area is 120 Å². The Bertz CT molecular complexity index is 333. The fourth-order valence-electron chi connectivity index (χ4n) is 2.36. The zero-order valence-electron chi connectivity index (χ0n) is 12.6. The SMILES string of the molecule is COCCN1CC(C(=O)NCC(O)CC(C)C)CC1=O. The predicted octanol–water partition coefficient (Wildman–Crippen LogP) is 0.00450. The van der Waals surface area contributed by atoms with Gasteiger partial charge in [-0.3, -0.25) is 9.59 Å². The van der Waals surface area contributed by atoms with Crippen LogP contribution in [0.3, 0.4) is 0 Å². The van der Waals surface area contributed by atoms with Crippen molar-refractivity contribution in [2.24, 2.45) is 11.8 Å². The van der Waals surface area contributed by atoms with Gasteiger partial charge in [0.1, 0.15) is 0 Å². The number of carbonyl (C=O) groups is 2. The van der Waals surface area contributed by atoms with E-state index in [1.54, 1.807) is 12.0 Å². The van der Waals surface area contributed by atoms with Crippen molar-refractivity contribution in [3.63, 3.8) is 0 Å². The van der Waals surface area contributed by atoms with Crippen LogP contribution in [0.1, 0.15) is 26.7 Å². The number of nitrogens with zero attached hydrogens (tertiary/aromatic N) is 1. The van der Waals surface area contributed by atoms with Crippen molar-refractivity contribution in [3.8, 4) is 0 Å². The molecule has 0 bridgehead atoms. The Kier molecular flexibility index (Phi) is 6.95. The molecular formula is C14H26N2O4. The minimum Gasteiger partial charge on any atom is -0.391 e. The average molecular weight is 286 g/mol. The fraction of sp³-hybridized carbons (Fsp3) is 0.857. The molecule has 0 saturated carbocycles. The summed E-state index contributed by atoms with van der Waals surface area (Å²) in [7, 11) is 1.58. The first-order valence-corrected chi connectivity index (χ1v) is 7.16. The maximum atomic E-state index is 12.0. The third-order valence-electron chi connectivity index (χ3n) is 3.41. The first kappa shape index (κ1) is 16.9. The van der Waals surface area contributed by atoms with E-state index in [0.29, 0.717) is 32.0 Å². The largest absolute Gasteiger partial charge is 0.391 e. The second-order valence-corrected chi connectivity index (χ2v) is 5.76. The molecule has 1 aliphatic heterocycles. The van der Waals surface area contributed by atoms with Crippen LogP contribution in [0.15, 0.2) is 0 Å². The van der Waals surface area contributed by atoms with Crippen LogP contribution in [0.25, 0.3) is 0 Å². The number of aliphatic hydroxyl groups excluding tert-OH is 1. The van der Waals surface area contributed by atoms with Crippen molar-refractivity contribution in [2.45, 2.75) is 32.8 Å². The van der Waals surface area contributed by atoms with Gasteiger partial charge in [0, 0.05) is 33.2 Å². The van der Waals surface area contributed by atoms with Crippen LogP contribution in [0.2, 0.25) is 0 Å². The molecule has 1 aliphatic rings. The molecule has 1 rings (SSSR count). The standard InChI is InChI=1S/C14H26N2O4/c1-10(2)6-12(17)8-15-14(19)11-7-13(18)16(9-11)4-5-20-3/h10-12,17H,4-9H2,1-3H3,(H,15,19). The second-order valence-electron chi connectivity index (χ2n) is 5.76. The minimum atomic E-state index is -0.527. The Morgan fingerprint density at radius 1 is 1.55 bits per heavy atom. The molecule has 0 spiro atoms. The number of hydrogen-bond acceptors (Lipinski definition) is 4. The normalized spacial score (nSPS) is 20.6. The predicted molar refractivity (Wildman–Crippen MR) is 75.0 cm³/mol. The lowest BCUT2D eigenvalue weighted by Gasteiger charge is -2.17. The molecule has 1 heterocycles. The van der Waals surface area contributed by atoms with Gasteiger partial charge < -0.3 is 20.1 Å². The number of amides is 2. The number of likely N-dealkylation sites (tertiary alicyclic amines) is 1. The molecule has 1 fully saturated rings. The lowest BCUT2D eigenvalue weighted by atomic mass is 10.1. The molecule has 20 heavy (non-hydrogen) atoms. The summed E-state index contributed by atoms with van der Waals surface area (Å²) in [6, 6.07) is 0. The maximum absolute atomic E-state index is 12.0. The Morgan fingerprint density at radius 3 is 2.85 bits per heavy atom. The molecule has 6 heteroatoms. The van der Waals surface area contributed by atoms with E-state index in [-0.39, 0.29) is 30.7 Å². The molecule has 0 aliphatic carbocycles. The van der Waals surface area contributed by atoms with E-state index >= 15 is 0 Å². The van der Waals surface area contributed by atoms with Gasteiger partial charge in [-0.25, -0.2) is 0 Å². The number of ether oxygens (including phenoxy) is 1. The van der Waals surface area contributed by atoms with Gasteiger partial charge in [0.15, 0.2) is 0 Å². The summed E-state index contributed by atoms with van der Waals surface area (Å²) >= 11 is 0. The van der Waals surface area contributed by atoms with Gasteiger partial charge in [-0.15, -0.1) is 0 Å². The molecule has 116 valence electrons. The van der Waals surface area contributed by atoms with Gasteiger partial charge in [0.25, 0.3) is 0 Å². The highest BCUT2D eigenvalue weighted by molar-refractivity contribution is 5.89. The maximum Gasteiger partial charge on any atom is 0.225 e. The highest BCUT2D eigenvalue weighted by atomic mass is 16.5. The number of aliphatic hydroxyl groups is 1. The van der Waals surface area contributed by atoms with E-state index in [1.807, 2.05) is 13.8 Å². The van der Waals surface area contributed by atoms with Crippen molar-refractivity contribution in [2.75, 3.05) is 33.4 Å². The molecule has 0 aromatic rings. The molecule has 0 aromatic heterocycles. The van der Waals surface area contributed by atoms with Gasteiger partial charge in [-0.2, -0.15) is 0 Å². The first-order valence-electron chi connectivity index (χ1n) is 7.16. The van der Waals surface area contributed by atoms with Gasteiger partial charge in [0.05, 0.1) is 18.6 Å². The number of carbonyl (C=O) groups excluding carboxylic acids is 2. The Balaban J connectivity index is 2.32. The van der Waals surface area contributed by atoms with Gasteiger partial charge in [-0.1, -0.05) is 13.8 Å². The number of nitrogens with one attached hydrogen (secondary N) is 1. The zero-order valence-corrected chi connectivity index (χ0v) is 12.6. The Hall–Kier alpha value is -1.14. The number of rotatable bonds is 8. The molecular weight excluding hydrogens is 260 g/mol. The summed E-state index contributed by atoms with van der Waals surface area (Å²) in [5.74, 6) is -0.0869. The summed E-state index contributed by atoms with van der Waals surface area (Å²) in [5.41, 5.74) is 0. The summed E-state index contributed by atoms with van der Waals surface area (Å²) in [5, 5.41) is 12.5. The van der Waals surface area contributed by atoms with Gasteiger partial charge in [0.2, 0.25) is 11.8 Å². The minimum absolute atomic E-state index is 0.00933. The summed E-state index contributed by atoms with van der Waals surface area (Å²) in [6.07, 6.45) is 0.375. The lowest BCUT2D eigenvalue weighted by Crippen LogP contribution is -2.38. The second kappa shape index (κ2) is 8.21. The van der Waals surface area contributed by atoms with Crippen LogP contribution in [-0.4, -0.2) is 61.3 Å². The van der Waals surface area contributed by atoms with E-state index in [0.717, 1.165) is 0 Å². The van der Waals surface area contributed by atoms with Crippen molar-refractivity contribution in [1.29, 1.82) is 0 Å². The van der Waals surface area contributed by atoms with Gasteiger partial charge in [-0.05, 0) is 12.3 Å². The third kappa shape index (κ3) is 5.46. The fourth-order valence-corrected chi connectivity index (χ4v) is 2.36. The van der Waals surface area contributed by atoms with E-state index in [4.69, 9.17) is 4.74 Å². The molecule has 0 radical (unpaired) electrons. The van der Waals surface area contributed by atoms with E-state index in [1.165, 1.54) is 0 Å². The van der Waals surface area contributed by atoms with Crippen molar-refractivity contribution in [1.82, 2.24) is 10.2 Å². The smallest absolute Gasteiger partial charge is 0.225 e.